The average molecular weight is 255 g/mol. The van der Waals surface area contributed by atoms with Crippen molar-refractivity contribution in [2.24, 2.45) is 0 Å². The molecular weight excluding hydrogens is 240 g/mol. The van der Waals surface area contributed by atoms with Gasteiger partial charge in [0.05, 0.1) is 13.2 Å². The van der Waals surface area contributed by atoms with E-state index >= 15 is 0 Å². The van der Waals surface area contributed by atoms with Crippen LogP contribution in [0.15, 0.2) is 24.3 Å². The summed E-state index contributed by atoms with van der Waals surface area (Å²) >= 11 is 5.84. The van der Waals surface area contributed by atoms with Gasteiger partial charge in [-0.2, -0.15) is 0 Å². The van der Waals surface area contributed by atoms with E-state index in [0.29, 0.717) is 11.6 Å². The summed E-state index contributed by atoms with van der Waals surface area (Å²) < 4.78 is 10.4. The van der Waals surface area contributed by atoms with E-state index < -0.39 is 0 Å². The summed E-state index contributed by atoms with van der Waals surface area (Å²) in [7, 11) is 1.40. The summed E-state index contributed by atoms with van der Waals surface area (Å²) in [5.74, 6) is -0.598. The van der Waals surface area contributed by atoms with Gasteiger partial charge in [-0.05, 0) is 30.5 Å². The maximum atomic E-state index is 11.8. The third kappa shape index (κ3) is 2.79. The fraction of sp³-hybridized carbons (Fsp3) is 0.462. The van der Waals surface area contributed by atoms with E-state index in [1.165, 1.54) is 7.11 Å². The van der Waals surface area contributed by atoms with Crippen molar-refractivity contribution in [2.45, 2.75) is 24.9 Å². The van der Waals surface area contributed by atoms with Gasteiger partial charge in [0.1, 0.15) is 5.92 Å². The monoisotopic (exact) mass is 254 g/mol. The molecule has 0 N–H and O–H groups in total. The first-order valence-corrected chi connectivity index (χ1v) is 6.05. The second-order valence-corrected chi connectivity index (χ2v) is 4.54. The van der Waals surface area contributed by atoms with Gasteiger partial charge in [-0.15, -0.1) is 0 Å². The zero-order chi connectivity index (χ0) is 12.3. The molecular formula is C13H15ClO3. The van der Waals surface area contributed by atoms with Crippen molar-refractivity contribution in [1.82, 2.24) is 0 Å². The van der Waals surface area contributed by atoms with Crippen LogP contribution >= 0.6 is 11.6 Å². The molecule has 2 atom stereocenters. The zero-order valence-electron chi connectivity index (χ0n) is 9.69. The van der Waals surface area contributed by atoms with Gasteiger partial charge >= 0.3 is 5.97 Å². The number of methoxy groups -OCH3 is 1. The lowest BCUT2D eigenvalue weighted by Crippen LogP contribution is -2.26. The largest absolute Gasteiger partial charge is 0.468 e. The van der Waals surface area contributed by atoms with Gasteiger partial charge in [-0.1, -0.05) is 23.7 Å². The maximum absolute atomic E-state index is 11.8. The third-order valence-corrected chi connectivity index (χ3v) is 3.27. The minimum Gasteiger partial charge on any atom is -0.468 e. The van der Waals surface area contributed by atoms with Crippen molar-refractivity contribution in [1.29, 1.82) is 0 Å². The van der Waals surface area contributed by atoms with Crippen LogP contribution in [0.4, 0.5) is 0 Å². The van der Waals surface area contributed by atoms with Crippen LogP contribution in [0.1, 0.15) is 24.3 Å². The third-order valence-electron chi connectivity index (χ3n) is 3.02. The summed E-state index contributed by atoms with van der Waals surface area (Å²) in [6, 6.07) is 7.26. The Morgan fingerprint density at radius 2 is 2.18 bits per heavy atom. The highest BCUT2D eigenvalue weighted by Gasteiger charge is 2.33. The minimum atomic E-state index is -0.347. The van der Waals surface area contributed by atoms with E-state index in [1.54, 1.807) is 12.1 Å². The van der Waals surface area contributed by atoms with Crippen LogP contribution in [-0.2, 0) is 14.3 Å². The first-order valence-electron chi connectivity index (χ1n) is 5.67. The first kappa shape index (κ1) is 12.4. The number of benzene rings is 1. The lowest BCUT2D eigenvalue weighted by molar-refractivity contribution is -0.145. The molecule has 0 amide bonds. The number of hydrogen-bond donors (Lipinski definition) is 0. The molecule has 0 aromatic heterocycles. The predicted molar refractivity (Wildman–Crippen MR) is 65.2 cm³/mol. The molecule has 1 saturated heterocycles. The highest BCUT2D eigenvalue weighted by atomic mass is 35.5. The molecule has 3 nitrogen and oxygen atoms in total. The highest BCUT2D eigenvalue weighted by molar-refractivity contribution is 6.30. The molecule has 1 heterocycles. The van der Waals surface area contributed by atoms with Crippen molar-refractivity contribution in [3.8, 4) is 0 Å². The van der Waals surface area contributed by atoms with Crippen molar-refractivity contribution in [3.63, 3.8) is 0 Å². The molecule has 1 aromatic carbocycles. The number of rotatable bonds is 3. The van der Waals surface area contributed by atoms with E-state index in [2.05, 4.69) is 0 Å². The summed E-state index contributed by atoms with van der Waals surface area (Å²) in [6.07, 6.45) is 1.80. The standard InChI is InChI=1S/C13H15ClO3/c1-16-13(15)12(11-3-2-8-17-11)9-4-6-10(14)7-5-9/h4-7,11-12H,2-3,8H2,1H3/t11-,12-/m0/s1. The Bertz CT molecular complexity index is 382. The van der Waals surface area contributed by atoms with Crippen LogP contribution in [0.5, 0.6) is 0 Å². The highest BCUT2D eigenvalue weighted by Crippen LogP contribution is 2.30. The molecule has 1 aliphatic heterocycles. The molecule has 92 valence electrons. The predicted octanol–water partition coefficient (Wildman–Crippen LogP) is 2.78. The van der Waals surface area contributed by atoms with E-state index in [1.807, 2.05) is 12.1 Å². The first-order chi connectivity index (χ1) is 8.22. The van der Waals surface area contributed by atoms with Crippen LogP contribution in [-0.4, -0.2) is 25.8 Å². The molecule has 0 spiro atoms. The second-order valence-electron chi connectivity index (χ2n) is 4.10. The van der Waals surface area contributed by atoms with Gasteiger partial charge in [-0.3, -0.25) is 4.79 Å². The molecule has 1 fully saturated rings. The molecule has 2 rings (SSSR count). The second kappa shape index (κ2) is 5.52. The number of carbonyl (C=O) groups excluding carboxylic acids is 1. The SMILES string of the molecule is COC(=O)[C@@H](c1ccc(Cl)cc1)[C@@H]1CCCO1. The van der Waals surface area contributed by atoms with E-state index in [9.17, 15) is 4.79 Å². The minimum absolute atomic E-state index is 0.0800. The summed E-state index contributed by atoms with van der Waals surface area (Å²) in [5.41, 5.74) is 0.896. The number of hydrogen-bond acceptors (Lipinski definition) is 3. The molecule has 1 aliphatic rings. The Kier molecular flexibility index (Phi) is 4.02. The van der Waals surface area contributed by atoms with Gasteiger partial charge in [-0.25, -0.2) is 0 Å². The lowest BCUT2D eigenvalue weighted by Gasteiger charge is -2.20. The molecule has 0 saturated carbocycles. The van der Waals surface area contributed by atoms with Gasteiger partial charge in [0.25, 0.3) is 0 Å². The maximum Gasteiger partial charge on any atom is 0.315 e. The molecule has 4 heteroatoms. The Morgan fingerprint density at radius 3 is 2.71 bits per heavy atom. The quantitative estimate of drug-likeness (QED) is 0.778. The molecule has 0 aliphatic carbocycles. The Labute approximate surface area is 106 Å². The summed E-state index contributed by atoms with van der Waals surface area (Å²) in [6.45, 7) is 0.714. The summed E-state index contributed by atoms with van der Waals surface area (Å²) in [4.78, 5) is 11.8. The number of esters is 1. The van der Waals surface area contributed by atoms with Crippen LogP contribution in [0, 0.1) is 0 Å². The Morgan fingerprint density at radius 1 is 1.47 bits per heavy atom. The molecule has 0 bridgehead atoms. The van der Waals surface area contributed by atoms with Gasteiger partial charge in [0.2, 0.25) is 0 Å². The van der Waals surface area contributed by atoms with Crippen LogP contribution in [0.2, 0.25) is 5.02 Å². The van der Waals surface area contributed by atoms with Crippen molar-refractivity contribution < 1.29 is 14.3 Å². The molecule has 0 unspecified atom stereocenters. The van der Waals surface area contributed by atoms with E-state index in [0.717, 1.165) is 18.4 Å². The van der Waals surface area contributed by atoms with Gasteiger partial charge < -0.3 is 9.47 Å². The van der Waals surface area contributed by atoms with Crippen molar-refractivity contribution in [3.05, 3.63) is 34.9 Å². The Balaban J connectivity index is 2.25. The van der Waals surface area contributed by atoms with Crippen LogP contribution in [0.3, 0.4) is 0 Å². The smallest absolute Gasteiger partial charge is 0.315 e. The van der Waals surface area contributed by atoms with Gasteiger partial charge in [0.15, 0.2) is 0 Å². The zero-order valence-corrected chi connectivity index (χ0v) is 10.4. The normalized spacial score (nSPS) is 21.2. The number of halogens is 1. The van der Waals surface area contributed by atoms with Crippen LogP contribution < -0.4 is 0 Å². The molecule has 1 aromatic rings. The summed E-state index contributed by atoms with van der Waals surface area (Å²) in [5, 5.41) is 0.657. The van der Waals surface area contributed by atoms with Crippen molar-refractivity contribution >= 4 is 17.6 Å². The number of carbonyl (C=O) groups is 1. The van der Waals surface area contributed by atoms with Crippen LogP contribution in [0.25, 0.3) is 0 Å². The number of ether oxygens (including phenoxy) is 2. The lowest BCUT2D eigenvalue weighted by atomic mass is 9.92. The van der Waals surface area contributed by atoms with E-state index in [4.69, 9.17) is 21.1 Å². The molecule has 17 heavy (non-hydrogen) atoms. The van der Waals surface area contributed by atoms with Gasteiger partial charge in [0, 0.05) is 11.6 Å². The topological polar surface area (TPSA) is 35.5 Å². The fourth-order valence-corrected chi connectivity index (χ4v) is 2.29. The van der Waals surface area contributed by atoms with E-state index in [-0.39, 0.29) is 18.0 Å². The van der Waals surface area contributed by atoms with Crippen molar-refractivity contribution in [2.75, 3.05) is 13.7 Å². The fourth-order valence-electron chi connectivity index (χ4n) is 2.17. The average Bonchev–Trinajstić information content (AvgIpc) is 2.85. The molecule has 0 radical (unpaired) electrons. The Hall–Kier alpha value is -1.06.